The van der Waals surface area contributed by atoms with Gasteiger partial charge in [-0.05, 0) is 6.07 Å². The predicted molar refractivity (Wildman–Crippen MR) is 53.3 cm³/mol. The third-order valence-corrected chi connectivity index (χ3v) is 2.49. The van der Waals surface area contributed by atoms with E-state index in [0.717, 1.165) is 5.52 Å². The fourth-order valence-electron chi connectivity index (χ4n) is 1.80. The molecule has 1 aromatic carbocycles. The third-order valence-electron chi connectivity index (χ3n) is 2.49. The first kappa shape index (κ1) is 7.99. The molecule has 1 unspecified atom stereocenters. The highest BCUT2D eigenvalue weighted by Gasteiger charge is 2.18. The summed E-state index contributed by atoms with van der Waals surface area (Å²) in [6.07, 6.45) is 2.09. The van der Waals surface area contributed by atoms with Crippen LogP contribution in [-0.2, 0) is 4.84 Å². The number of rotatable bonds is 1. The molecule has 0 spiro atoms. The monoisotopic (exact) mass is 189 g/mol. The van der Waals surface area contributed by atoms with Gasteiger partial charge in [0.25, 0.3) is 0 Å². The summed E-state index contributed by atoms with van der Waals surface area (Å²) in [5, 5.41) is 4.42. The Balaban J connectivity index is 2.11. The van der Waals surface area contributed by atoms with Crippen LogP contribution in [0.4, 0.5) is 0 Å². The van der Waals surface area contributed by atoms with Crippen molar-refractivity contribution in [1.29, 1.82) is 0 Å². The summed E-state index contributed by atoms with van der Waals surface area (Å²) in [5.74, 6) is 0. The summed E-state index contributed by atoms with van der Waals surface area (Å²) in [7, 11) is 0. The van der Waals surface area contributed by atoms with Gasteiger partial charge in [-0.3, -0.25) is 10.2 Å². The average Bonchev–Trinajstić information content (AvgIpc) is 2.85. The molecule has 3 N–H and O–H groups in total. The highest BCUT2D eigenvalue weighted by atomic mass is 16.7. The predicted octanol–water partition coefficient (Wildman–Crippen LogP) is 1.25. The van der Waals surface area contributed by atoms with Gasteiger partial charge in [-0.1, -0.05) is 18.2 Å². The van der Waals surface area contributed by atoms with E-state index in [9.17, 15) is 0 Å². The molecule has 0 aliphatic carbocycles. The van der Waals surface area contributed by atoms with Gasteiger partial charge in [0, 0.05) is 22.7 Å². The maximum absolute atomic E-state index is 5.05. The van der Waals surface area contributed by atoms with E-state index < -0.39 is 0 Å². The van der Waals surface area contributed by atoms with Crippen LogP contribution in [0.2, 0.25) is 0 Å². The molecule has 0 radical (unpaired) electrons. The number of fused-ring (bicyclic) bond motifs is 1. The molecule has 4 heteroatoms. The Hall–Kier alpha value is -1.36. The van der Waals surface area contributed by atoms with Crippen LogP contribution in [0.3, 0.4) is 0 Å². The van der Waals surface area contributed by atoms with E-state index in [1.807, 2.05) is 18.3 Å². The van der Waals surface area contributed by atoms with Crippen molar-refractivity contribution in [2.75, 3.05) is 6.73 Å². The van der Waals surface area contributed by atoms with Crippen LogP contribution in [0.1, 0.15) is 11.7 Å². The van der Waals surface area contributed by atoms with Gasteiger partial charge in [-0.25, -0.2) is 0 Å². The minimum Gasteiger partial charge on any atom is -0.361 e. The SMILES string of the molecule is c1ccc2c(C3NCON3)c[nH]c2c1. The number of hydrogen-bond acceptors (Lipinski definition) is 3. The van der Waals surface area contributed by atoms with E-state index in [-0.39, 0.29) is 6.17 Å². The zero-order valence-electron chi connectivity index (χ0n) is 7.58. The Morgan fingerprint density at radius 3 is 3.07 bits per heavy atom. The zero-order valence-corrected chi connectivity index (χ0v) is 7.58. The summed E-state index contributed by atoms with van der Waals surface area (Å²) in [4.78, 5) is 8.28. The number of benzene rings is 1. The first-order chi connectivity index (χ1) is 6.95. The van der Waals surface area contributed by atoms with Gasteiger partial charge in [0.05, 0.1) is 0 Å². The van der Waals surface area contributed by atoms with Gasteiger partial charge < -0.3 is 4.98 Å². The summed E-state index contributed by atoms with van der Waals surface area (Å²) in [6.45, 7) is 0.546. The molecule has 1 aromatic heterocycles. The molecule has 1 aliphatic rings. The smallest absolute Gasteiger partial charge is 0.120 e. The van der Waals surface area contributed by atoms with E-state index in [0.29, 0.717) is 6.73 Å². The Labute approximate surface area is 81.2 Å². The quantitative estimate of drug-likeness (QED) is 0.632. The van der Waals surface area contributed by atoms with Crippen molar-refractivity contribution in [1.82, 2.24) is 15.8 Å². The lowest BCUT2D eigenvalue weighted by molar-refractivity contribution is 0.0874. The van der Waals surface area contributed by atoms with Crippen molar-refractivity contribution < 1.29 is 4.84 Å². The molecule has 0 amide bonds. The normalized spacial score (nSPS) is 21.9. The first-order valence-corrected chi connectivity index (χ1v) is 4.62. The fraction of sp³-hybridized carbons (Fsp3) is 0.200. The standard InChI is InChI=1S/C10H11N3O/c1-2-4-9-7(3-1)8(5-11-9)10-12-6-14-13-10/h1-5,10-13H,6H2. The van der Waals surface area contributed by atoms with E-state index in [2.05, 4.69) is 27.9 Å². The van der Waals surface area contributed by atoms with Crippen LogP contribution < -0.4 is 10.8 Å². The van der Waals surface area contributed by atoms with Crippen LogP contribution in [0.15, 0.2) is 30.5 Å². The molecule has 1 fully saturated rings. The molecule has 3 rings (SSSR count). The highest BCUT2D eigenvalue weighted by Crippen LogP contribution is 2.23. The molecule has 4 nitrogen and oxygen atoms in total. The molecule has 0 bridgehead atoms. The summed E-state index contributed by atoms with van der Waals surface area (Å²) in [6, 6.07) is 8.22. The average molecular weight is 189 g/mol. The largest absolute Gasteiger partial charge is 0.361 e. The maximum atomic E-state index is 5.05. The van der Waals surface area contributed by atoms with Crippen molar-refractivity contribution >= 4 is 10.9 Å². The van der Waals surface area contributed by atoms with Crippen molar-refractivity contribution in [2.24, 2.45) is 0 Å². The molecular weight excluding hydrogens is 178 g/mol. The third kappa shape index (κ3) is 1.13. The Morgan fingerprint density at radius 2 is 2.21 bits per heavy atom. The van der Waals surface area contributed by atoms with Crippen LogP contribution in [0.25, 0.3) is 10.9 Å². The van der Waals surface area contributed by atoms with Gasteiger partial charge in [-0.2, -0.15) is 5.48 Å². The second-order valence-electron chi connectivity index (χ2n) is 3.33. The maximum Gasteiger partial charge on any atom is 0.120 e. The number of H-pyrrole nitrogens is 1. The lowest BCUT2D eigenvalue weighted by Gasteiger charge is -2.06. The number of nitrogens with one attached hydrogen (secondary N) is 3. The van der Waals surface area contributed by atoms with E-state index in [1.54, 1.807) is 0 Å². The fourth-order valence-corrected chi connectivity index (χ4v) is 1.80. The number of hydroxylamine groups is 1. The topological polar surface area (TPSA) is 49.1 Å². The Kier molecular flexibility index (Phi) is 1.77. The molecule has 2 aromatic rings. The number of hydrogen-bond donors (Lipinski definition) is 3. The van der Waals surface area contributed by atoms with Crippen molar-refractivity contribution in [3.63, 3.8) is 0 Å². The molecule has 1 saturated heterocycles. The zero-order chi connectivity index (χ0) is 9.38. The van der Waals surface area contributed by atoms with E-state index in [4.69, 9.17) is 4.84 Å². The minimum absolute atomic E-state index is 0.0890. The van der Waals surface area contributed by atoms with Gasteiger partial charge in [0.1, 0.15) is 12.9 Å². The Morgan fingerprint density at radius 1 is 1.29 bits per heavy atom. The Bertz CT molecular complexity index is 445. The molecule has 0 saturated carbocycles. The van der Waals surface area contributed by atoms with Crippen molar-refractivity contribution in [3.05, 3.63) is 36.0 Å². The summed E-state index contributed by atoms with van der Waals surface area (Å²) < 4.78 is 0. The molecule has 1 aliphatic heterocycles. The lowest BCUT2D eigenvalue weighted by atomic mass is 10.1. The highest BCUT2D eigenvalue weighted by molar-refractivity contribution is 5.83. The summed E-state index contributed by atoms with van der Waals surface area (Å²) >= 11 is 0. The van der Waals surface area contributed by atoms with Crippen molar-refractivity contribution in [2.45, 2.75) is 6.17 Å². The number of para-hydroxylation sites is 1. The van der Waals surface area contributed by atoms with Crippen LogP contribution in [-0.4, -0.2) is 11.7 Å². The first-order valence-electron chi connectivity index (χ1n) is 4.62. The molecular formula is C10H11N3O. The van der Waals surface area contributed by atoms with Crippen LogP contribution in [0, 0.1) is 0 Å². The van der Waals surface area contributed by atoms with Gasteiger partial charge in [0.2, 0.25) is 0 Å². The van der Waals surface area contributed by atoms with Gasteiger partial charge in [-0.15, -0.1) is 0 Å². The minimum atomic E-state index is 0.0890. The molecule has 2 heterocycles. The van der Waals surface area contributed by atoms with Crippen LogP contribution >= 0.6 is 0 Å². The summed E-state index contributed by atoms with van der Waals surface area (Å²) in [5.41, 5.74) is 5.26. The second kappa shape index (κ2) is 3.09. The van der Waals surface area contributed by atoms with Gasteiger partial charge >= 0.3 is 0 Å². The second-order valence-corrected chi connectivity index (χ2v) is 3.33. The lowest BCUT2D eigenvalue weighted by Crippen LogP contribution is -2.20. The number of aromatic amines is 1. The van der Waals surface area contributed by atoms with Crippen LogP contribution in [0.5, 0.6) is 0 Å². The molecule has 14 heavy (non-hydrogen) atoms. The molecule has 1 atom stereocenters. The van der Waals surface area contributed by atoms with Gasteiger partial charge in [0.15, 0.2) is 0 Å². The molecule has 72 valence electrons. The van der Waals surface area contributed by atoms with Crippen molar-refractivity contribution in [3.8, 4) is 0 Å². The number of aromatic nitrogens is 1. The van der Waals surface area contributed by atoms with E-state index in [1.165, 1.54) is 10.9 Å². The van der Waals surface area contributed by atoms with E-state index >= 15 is 0 Å².